The second-order valence-electron chi connectivity index (χ2n) is 7.72. The molecule has 4 rings (SSSR count). The largest absolute Gasteiger partial charge is 0.425 e. The maximum atomic E-state index is 13.2. The van der Waals surface area contributed by atoms with Gasteiger partial charge in [0.15, 0.2) is 5.82 Å². The smallest absolute Gasteiger partial charge is 0.263 e. The molecule has 0 aliphatic carbocycles. The van der Waals surface area contributed by atoms with E-state index in [1.807, 2.05) is 0 Å². The monoisotopic (exact) mass is 443 g/mol. The molecule has 3 heterocycles. The van der Waals surface area contributed by atoms with Crippen LogP contribution in [0.3, 0.4) is 0 Å². The minimum absolute atomic E-state index is 0.0985. The SMILES string of the molecule is Cc1nnn(Cc2cc(C(F)F)ccc2C=CC(=O)N2CCC(c3nnc(C)o3)CC2)n1. The molecular weight excluding hydrogens is 420 g/mol. The van der Waals surface area contributed by atoms with Crippen LogP contribution in [0.2, 0.25) is 0 Å². The summed E-state index contributed by atoms with van der Waals surface area (Å²) in [5.74, 6) is 1.65. The molecule has 0 spiro atoms. The van der Waals surface area contributed by atoms with Gasteiger partial charge in [0.1, 0.15) is 0 Å². The van der Waals surface area contributed by atoms with Crippen molar-refractivity contribution in [1.29, 1.82) is 0 Å². The molecule has 1 saturated heterocycles. The Balaban J connectivity index is 1.44. The van der Waals surface area contributed by atoms with Crippen LogP contribution < -0.4 is 0 Å². The first-order chi connectivity index (χ1) is 15.4. The second kappa shape index (κ2) is 9.33. The fourth-order valence-electron chi connectivity index (χ4n) is 3.69. The van der Waals surface area contributed by atoms with Gasteiger partial charge in [-0.3, -0.25) is 4.79 Å². The molecule has 0 saturated carbocycles. The zero-order chi connectivity index (χ0) is 22.7. The van der Waals surface area contributed by atoms with Gasteiger partial charge in [-0.2, -0.15) is 4.80 Å². The number of hydrogen-bond acceptors (Lipinski definition) is 7. The number of aromatic nitrogens is 6. The van der Waals surface area contributed by atoms with Gasteiger partial charge in [-0.25, -0.2) is 8.78 Å². The van der Waals surface area contributed by atoms with Gasteiger partial charge in [0.2, 0.25) is 17.7 Å². The summed E-state index contributed by atoms with van der Waals surface area (Å²) in [5.41, 5.74) is 1.13. The Hall–Kier alpha value is -3.50. The van der Waals surface area contributed by atoms with Gasteiger partial charge >= 0.3 is 0 Å². The predicted octanol–water partition coefficient (Wildman–Crippen LogP) is 3.08. The van der Waals surface area contributed by atoms with E-state index in [0.717, 1.165) is 12.8 Å². The first kappa shape index (κ1) is 21.7. The molecule has 2 aromatic heterocycles. The summed E-state index contributed by atoms with van der Waals surface area (Å²) in [7, 11) is 0. The summed E-state index contributed by atoms with van der Waals surface area (Å²) in [6, 6.07) is 4.34. The molecular formula is C21H23F2N7O2. The van der Waals surface area contributed by atoms with E-state index in [0.29, 0.717) is 41.8 Å². The topological polar surface area (TPSA) is 103 Å². The Morgan fingerprint density at radius 1 is 1.22 bits per heavy atom. The van der Waals surface area contributed by atoms with Gasteiger partial charge in [0, 0.05) is 37.6 Å². The third-order valence-electron chi connectivity index (χ3n) is 5.39. The van der Waals surface area contributed by atoms with Crippen LogP contribution in [0.1, 0.15) is 59.5 Å². The van der Waals surface area contributed by atoms with Crippen LogP contribution >= 0.6 is 0 Å². The van der Waals surface area contributed by atoms with E-state index in [-0.39, 0.29) is 23.9 Å². The summed E-state index contributed by atoms with van der Waals surface area (Å²) in [5, 5.41) is 19.8. The van der Waals surface area contributed by atoms with Gasteiger partial charge in [-0.15, -0.1) is 20.4 Å². The number of halogens is 2. The number of hydrogen-bond donors (Lipinski definition) is 0. The van der Waals surface area contributed by atoms with E-state index in [1.54, 1.807) is 30.9 Å². The molecule has 1 aliphatic rings. The van der Waals surface area contributed by atoms with E-state index < -0.39 is 6.43 Å². The molecule has 0 N–H and O–H groups in total. The number of carbonyl (C=O) groups is 1. The third kappa shape index (κ3) is 5.04. The van der Waals surface area contributed by atoms with E-state index in [9.17, 15) is 13.6 Å². The predicted molar refractivity (Wildman–Crippen MR) is 110 cm³/mol. The van der Waals surface area contributed by atoms with Crippen LogP contribution in [-0.2, 0) is 11.3 Å². The minimum Gasteiger partial charge on any atom is -0.425 e. The first-order valence-corrected chi connectivity index (χ1v) is 10.3. The lowest BCUT2D eigenvalue weighted by Gasteiger charge is -2.29. The van der Waals surface area contributed by atoms with Crippen LogP contribution in [0.4, 0.5) is 8.78 Å². The van der Waals surface area contributed by atoms with Crippen molar-refractivity contribution in [1.82, 2.24) is 35.3 Å². The van der Waals surface area contributed by atoms with Crippen molar-refractivity contribution >= 4 is 12.0 Å². The van der Waals surface area contributed by atoms with Gasteiger partial charge in [-0.05, 0) is 48.2 Å². The number of tetrazole rings is 1. The molecule has 0 atom stereocenters. The summed E-state index contributed by atoms with van der Waals surface area (Å²) >= 11 is 0. The molecule has 1 fully saturated rings. The lowest BCUT2D eigenvalue weighted by Crippen LogP contribution is -2.36. The standard InChI is InChI=1S/C21H23F2N7O2/c1-13-24-28-30(27-13)12-18-11-17(20(22)23)4-3-15(18)5-6-19(31)29-9-7-16(8-10-29)21-26-25-14(2)32-21/h3-6,11,16,20H,7-10,12H2,1-2H3. The molecule has 168 valence electrons. The molecule has 0 bridgehead atoms. The maximum Gasteiger partial charge on any atom is 0.263 e. The number of piperidine rings is 1. The Morgan fingerprint density at radius 2 is 2.00 bits per heavy atom. The second-order valence-corrected chi connectivity index (χ2v) is 7.72. The molecule has 11 heteroatoms. The molecule has 1 amide bonds. The molecule has 32 heavy (non-hydrogen) atoms. The Kier molecular flexibility index (Phi) is 6.33. The van der Waals surface area contributed by atoms with E-state index in [1.165, 1.54) is 23.0 Å². The first-order valence-electron chi connectivity index (χ1n) is 10.3. The van der Waals surface area contributed by atoms with Crippen molar-refractivity contribution in [2.75, 3.05) is 13.1 Å². The van der Waals surface area contributed by atoms with Crippen LogP contribution in [0.5, 0.6) is 0 Å². The number of amides is 1. The average Bonchev–Trinajstić information content (AvgIpc) is 3.40. The number of carbonyl (C=O) groups excluding carboxylic acids is 1. The van der Waals surface area contributed by atoms with Crippen molar-refractivity contribution in [2.24, 2.45) is 0 Å². The third-order valence-corrected chi connectivity index (χ3v) is 5.39. The molecule has 0 radical (unpaired) electrons. The van der Waals surface area contributed by atoms with Gasteiger partial charge < -0.3 is 9.32 Å². The molecule has 1 aromatic carbocycles. The fraction of sp³-hybridized carbons (Fsp3) is 0.429. The van der Waals surface area contributed by atoms with Gasteiger partial charge in [-0.1, -0.05) is 12.1 Å². The summed E-state index contributed by atoms with van der Waals surface area (Å²) in [6.07, 6.45) is 2.00. The summed E-state index contributed by atoms with van der Waals surface area (Å²) in [6.45, 7) is 4.77. The number of benzene rings is 1. The summed E-state index contributed by atoms with van der Waals surface area (Å²) in [4.78, 5) is 15.8. The Bertz CT molecular complexity index is 1120. The Morgan fingerprint density at radius 3 is 2.62 bits per heavy atom. The van der Waals surface area contributed by atoms with Crippen LogP contribution in [0.25, 0.3) is 6.08 Å². The number of likely N-dealkylation sites (tertiary alicyclic amines) is 1. The summed E-state index contributed by atoms with van der Waals surface area (Å²) < 4.78 is 31.9. The molecule has 3 aromatic rings. The van der Waals surface area contributed by atoms with Crippen LogP contribution in [0.15, 0.2) is 28.7 Å². The number of alkyl halides is 2. The normalized spacial score (nSPS) is 15.2. The highest BCUT2D eigenvalue weighted by Gasteiger charge is 2.26. The average molecular weight is 443 g/mol. The van der Waals surface area contributed by atoms with Gasteiger partial charge in [0.05, 0.1) is 6.54 Å². The van der Waals surface area contributed by atoms with Crippen molar-refractivity contribution in [3.8, 4) is 0 Å². The van der Waals surface area contributed by atoms with E-state index in [4.69, 9.17) is 4.42 Å². The van der Waals surface area contributed by atoms with Crippen molar-refractivity contribution < 1.29 is 18.0 Å². The molecule has 0 unspecified atom stereocenters. The zero-order valence-electron chi connectivity index (χ0n) is 17.8. The van der Waals surface area contributed by atoms with Gasteiger partial charge in [0.25, 0.3) is 6.43 Å². The number of nitrogens with zero attached hydrogens (tertiary/aromatic N) is 7. The number of aryl methyl sites for hydroxylation is 2. The lowest BCUT2D eigenvalue weighted by molar-refractivity contribution is -0.127. The van der Waals surface area contributed by atoms with Crippen molar-refractivity contribution in [2.45, 2.75) is 45.6 Å². The highest BCUT2D eigenvalue weighted by Crippen LogP contribution is 2.27. The minimum atomic E-state index is -2.59. The molecule has 9 nitrogen and oxygen atoms in total. The quantitative estimate of drug-likeness (QED) is 0.540. The van der Waals surface area contributed by atoms with E-state index >= 15 is 0 Å². The van der Waals surface area contributed by atoms with Crippen LogP contribution in [-0.4, -0.2) is 54.3 Å². The van der Waals surface area contributed by atoms with E-state index in [2.05, 4.69) is 25.6 Å². The molecule has 1 aliphatic heterocycles. The van der Waals surface area contributed by atoms with Crippen molar-refractivity contribution in [3.63, 3.8) is 0 Å². The van der Waals surface area contributed by atoms with Crippen molar-refractivity contribution in [3.05, 3.63) is 58.6 Å². The fourth-order valence-corrected chi connectivity index (χ4v) is 3.69. The zero-order valence-corrected chi connectivity index (χ0v) is 17.8. The Labute approximate surface area is 183 Å². The highest BCUT2D eigenvalue weighted by atomic mass is 19.3. The highest BCUT2D eigenvalue weighted by molar-refractivity contribution is 5.92. The van der Waals surface area contributed by atoms with Crippen LogP contribution in [0, 0.1) is 13.8 Å². The lowest BCUT2D eigenvalue weighted by atomic mass is 9.96. The number of rotatable bonds is 6. The maximum absolute atomic E-state index is 13.2.